The van der Waals surface area contributed by atoms with Gasteiger partial charge in [0.15, 0.2) is 0 Å². The van der Waals surface area contributed by atoms with Crippen LogP contribution in [0.25, 0.3) is 0 Å². The van der Waals surface area contributed by atoms with Gasteiger partial charge in [-0.15, -0.1) is 0 Å². The Morgan fingerprint density at radius 3 is 2.58 bits per heavy atom. The minimum absolute atomic E-state index is 0.592. The molecule has 72 valence electrons. The highest BCUT2D eigenvalue weighted by atomic mass is 127. The molecule has 0 bridgehead atoms. The van der Waals surface area contributed by atoms with E-state index in [0.717, 1.165) is 19.6 Å². The summed E-state index contributed by atoms with van der Waals surface area (Å²) in [6.07, 6.45) is 0. The number of alkyl halides is 1. The van der Waals surface area contributed by atoms with Crippen molar-refractivity contribution in [1.82, 2.24) is 5.32 Å². The molecule has 1 N–H and O–H groups in total. The number of aliphatic imine (C=N–C) groups is 1. The summed E-state index contributed by atoms with van der Waals surface area (Å²) < 4.78 is 1.17. The van der Waals surface area contributed by atoms with Crippen LogP contribution in [0, 0.1) is 5.92 Å². The Morgan fingerprint density at radius 1 is 1.42 bits per heavy atom. The van der Waals surface area contributed by atoms with Gasteiger partial charge >= 0.3 is 0 Å². The molecular weight excluding hydrogens is 263 g/mol. The molecule has 3 heteroatoms. The van der Waals surface area contributed by atoms with E-state index in [1.54, 1.807) is 0 Å². The van der Waals surface area contributed by atoms with E-state index < -0.39 is 0 Å². The summed E-state index contributed by atoms with van der Waals surface area (Å²) >= 11 is 2.36. The van der Waals surface area contributed by atoms with Crippen LogP contribution in [-0.2, 0) is 0 Å². The van der Waals surface area contributed by atoms with Gasteiger partial charge in [0.1, 0.15) is 0 Å². The zero-order chi connectivity index (χ0) is 9.40. The second-order valence-corrected chi connectivity index (χ2v) is 4.20. The van der Waals surface area contributed by atoms with E-state index in [9.17, 15) is 0 Å². The maximum Gasteiger partial charge on any atom is 0.0513 e. The predicted molar refractivity (Wildman–Crippen MR) is 64.6 cm³/mol. The van der Waals surface area contributed by atoms with Gasteiger partial charge < -0.3 is 5.32 Å². The van der Waals surface area contributed by atoms with Crippen molar-refractivity contribution in [2.24, 2.45) is 10.9 Å². The molecule has 2 nitrogen and oxygen atoms in total. The van der Waals surface area contributed by atoms with Crippen LogP contribution >= 0.6 is 22.6 Å². The highest BCUT2D eigenvalue weighted by Crippen LogP contribution is 1.95. The van der Waals surface area contributed by atoms with Crippen LogP contribution in [0.1, 0.15) is 20.8 Å². The summed E-state index contributed by atoms with van der Waals surface area (Å²) in [6.45, 7) is 9.47. The average molecular weight is 282 g/mol. The maximum atomic E-state index is 4.45. The van der Waals surface area contributed by atoms with E-state index in [4.69, 9.17) is 0 Å². The molecule has 0 atom stereocenters. The molecule has 0 aromatic carbocycles. The second-order valence-electron chi connectivity index (χ2n) is 3.12. The molecule has 0 saturated heterocycles. The molecule has 0 amide bonds. The fourth-order valence-electron chi connectivity index (χ4n) is 0.686. The van der Waals surface area contributed by atoms with Crippen LogP contribution in [0.5, 0.6) is 0 Å². The van der Waals surface area contributed by atoms with E-state index in [0.29, 0.717) is 5.92 Å². The molecule has 0 aromatic heterocycles. The molecule has 0 unspecified atom stereocenters. The largest absolute Gasteiger partial charge is 0.314 e. The number of nitrogens with zero attached hydrogens (tertiary/aromatic N) is 1. The Balaban J connectivity index is 3.34. The molecular formula is C9H19IN2. The van der Waals surface area contributed by atoms with Crippen molar-refractivity contribution in [3.8, 4) is 0 Å². The van der Waals surface area contributed by atoms with Gasteiger partial charge in [0, 0.05) is 23.2 Å². The van der Waals surface area contributed by atoms with E-state index >= 15 is 0 Å². The number of rotatable bonds is 6. The van der Waals surface area contributed by atoms with Gasteiger partial charge in [-0.3, -0.25) is 4.99 Å². The van der Waals surface area contributed by atoms with Gasteiger partial charge in [-0.1, -0.05) is 36.4 Å². The van der Waals surface area contributed by atoms with Crippen molar-refractivity contribution in [1.29, 1.82) is 0 Å². The zero-order valence-corrected chi connectivity index (χ0v) is 10.4. The number of hydrogen-bond donors (Lipinski definition) is 1. The number of hydrogen-bond acceptors (Lipinski definition) is 2. The lowest BCUT2D eigenvalue weighted by Crippen LogP contribution is -2.20. The van der Waals surface area contributed by atoms with Crippen LogP contribution in [-0.4, -0.2) is 29.8 Å². The van der Waals surface area contributed by atoms with Crippen molar-refractivity contribution in [2.45, 2.75) is 20.8 Å². The first-order valence-corrected chi connectivity index (χ1v) is 5.98. The number of nitrogens with one attached hydrogen (secondary N) is 1. The Kier molecular flexibility index (Phi) is 8.22. The maximum absolute atomic E-state index is 4.45. The Bertz CT molecular complexity index is 132. The van der Waals surface area contributed by atoms with Gasteiger partial charge in [-0.05, 0) is 12.8 Å². The summed E-state index contributed by atoms with van der Waals surface area (Å²) in [6, 6.07) is 0. The van der Waals surface area contributed by atoms with Crippen LogP contribution in [0.2, 0.25) is 0 Å². The van der Waals surface area contributed by atoms with Crippen LogP contribution < -0.4 is 5.32 Å². The zero-order valence-electron chi connectivity index (χ0n) is 8.23. The SMILES string of the molecule is C/C(=N\CCNCCI)C(C)C. The smallest absolute Gasteiger partial charge is 0.0513 e. The average Bonchev–Trinajstić information content (AvgIpc) is 2.03. The van der Waals surface area contributed by atoms with Crippen LogP contribution in [0.4, 0.5) is 0 Å². The lowest BCUT2D eigenvalue weighted by molar-refractivity contribution is 0.729. The molecule has 0 radical (unpaired) electrons. The Morgan fingerprint density at radius 2 is 2.08 bits per heavy atom. The standard InChI is InChI=1S/C9H19IN2/c1-8(2)9(3)12-7-6-11-5-4-10/h8,11H,4-7H2,1-3H3/b12-9+. The minimum atomic E-state index is 0.592. The van der Waals surface area contributed by atoms with Crippen molar-refractivity contribution < 1.29 is 0 Å². The van der Waals surface area contributed by atoms with Gasteiger partial charge in [-0.2, -0.15) is 0 Å². The second kappa shape index (κ2) is 7.98. The molecule has 0 rings (SSSR count). The lowest BCUT2D eigenvalue weighted by Gasteiger charge is -2.04. The Hall–Kier alpha value is 0.360. The highest BCUT2D eigenvalue weighted by molar-refractivity contribution is 14.1. The van der Waals surface area contributed by atoms with Crippen molar-refractivity contribution in [3.05, 3.63) is 0 Å². The van der Waals surface area contributed by atoms with Gasteiger partial charge in [0.2, 0.25) is 0 Å². The summed E-state index contributed by atoms with van der Waals surface area (Å²) in [5, 5.41) is 3.31. The van der Waals surface area contributed by atoms with E-state index in [2.05, 4.69) is 53.7 Å². The number of halogens is 1. The van der Waals surface area contributed by atoms with Gasteiger partial charge in [-0.25, -0.2) is 0 Å². The highest BCUT2D eigenvalue weighted by Gasteiger charge is 1.95. The molecule has 12 heavy (non-hydrogen) atoms. The fraction of sp³-hybridized carbons (Fsp3) is 0.889. The van der Waals surface area contributed by atoms with Crippen LogP contribution in [0.3, 0.4) is 0 Å². The summed E-state index contributed by atoms with van der Waals surface area (Å²) in [5.74, 6) is 0.592. The van der Waals surface area contributed by atoms with Crippen LogP contribution in [0.15, 0.2) is 4.99 Å². The summed E-state index contributed by atoms with van der Waals surface area (Å²) in [5.41, 5.74) is 1.26. The van der Waals surface area contributed by atoms with Crippen molar-refractivity contribution in [3.63, 3.8) is 0 Å². The lowest BCUT2D eigenvalue weighted by atomic mass is 10.1. The molecule has 0 spiro atoms. The molecule has 0 aliphatic carbocycles. The quantitative estimate of drug-likeness (QED) is 0.343. The summed E-state index contributed by atoms with van der Waals surface area (Å²) in [4.78, 5) is 4.45. The molecule has 0 heterocycles. The molecule has 0 saturated carbocycles. The topological polar surface area (TPSA) is 24.4 Å². The third kappa shape index (κ3) is 7.03. The minimum Gasteiger partial charge on any atom is -0.314 e. The van der Waals surface area contributed by atoms with Gasteiger partial charge in [0.05, 0.1) is 6.54 Å². The molecule has 0 fully saturated rings. The van der Waals surface area contributed by atoms with Crippen molar-refractivity contribution in [2.75, 3.05) is 24.1 Å². The van der Waals surface area contributed by atoms with Gasteiger partial charge in [0.25, 0.3) is 0 Å². The predicted octanol–water partition coefficient (Wildman–Crippen LogP) is 2.13. The normalized spacial score (nSPS) is 12.6. The van der Waals surface area contributed by atoms with E-state index in [1.807, 2.05) is 0 Å². The molecule has 0 aromatic rings. The monoisotopic (exact) mass is 282 g/mol. The summed E-state index contributed by atoms with van der Waals surface area (Å²) in [7, 11) is 0. The first-order valence-electron chi connectivity index (χ1n) is 4.46. The van der Waals surface area contributed by atoms with Crippen molar-refractivity contribution >= 4 is 28.3 Å². The molecule has 0 aliphatic heterocycles. The Labute approximate surface area is 89.4 Å². The van der Waals surface area contributed by atoms with E-state index in [-0.39, 0.29) is 0 Å². The first-order chi connectivity index (χ1) is 5.68. The third-order valence-corrected chi connectivity index (χ3v) is 2.30. The third-order valence-electron chi connectivity index (χ3n) is 1.76. The molecule has 0 aliphatic rings. The first kappa shape index (κ1) is 12.4. The van der Waals surface area contributed by atoms with E-state index in [1.165, 1.54) is 10.1 Å². The fourth-order valence-corrected chi connectivity index (χ4v) is 1.07.